The molecule has 0 aromatic heterocycles. The minimum Gasteiger partial charge on any atom is -0.258 e. The van der Waals surface area contributed by atoms with Crippen molar-refractivity contribution in [2.24, 2.45) is 5.92 Å². The van der Waals surface area contributed by atoms with Crippen LogP contribution in [0.5, 0.6) is 0 Å². The van der Waals surface area contributed by atoms with Crippen molar-refractivity contribution in [3.8, 4) is 0 Å². The molecule has 0 unspecified atom stereocenters. The molecule has 1 aliphatic carbocycles. The molecular formula is C13H17FN2O4S. The van der Waals surface area contributed by atoms with Crippen LogP contribution < -0.4 is 0 Å². The van der Waals surface area contributed by atoms with Crippen molar-refractivity contribution in [1.82, 2.24) is 4.31 Å². The molecule has 0 heterocycles. The molecule has 0 atom stereocenters. The molecule has 0 bridgehead atoms. The van der Waals surface area contributed by atoms with Crippen LogP contribution in [-0.4, -0.2) is 30.7 Å². The van der Waals surface area contributed by atoms with Crippen LogP contribution in [0.15, 0.2) is 23.1 Å². The van der Waals surface area contributed by atoms with Crippen LogP contribution in [-0.2, 0) is 10.0 Å². The number of hydrogen-bond donors (Lipinski definition) is 0. The molecule has 116 valence electrons. The van der Waals surface area contributed by atoms with E-state index >= 15 is 0 Å². The maximum absolute atomic E-state index is 13.6. The average Bonchev–Trinajstić information content (AvgIpc) is 2.36. The normalized spacial score (nSPS) is 16.0. The van der Waals surface area contributed by atoms with Crippen molar-refractivity contribution in [3.63, 3.8) is 0 Å². The van der Waals surface area contributed by atoms with E-state index in [0.29, 0.717) is 6.54 Å². The lowest BCUT2D eigenvalue weighted by molar-refractivity contribution is -0.390. The average molecular weight is 316 g/mol. The van der Waals surface area contributed by atoms with E-state index in [2.05, 4.69) is 0 Å². The smallest absolute Gasteiger partial charge is 0.258 e. The summed E-state index contributed by atoms with van der Waals surface area (Å²) in [5.41, 5.74) is -0.982. The minimum absolute atomic E-state index is 0.201. The molecule has 0 aliphatic heterocycles. The van der Waals surface area contributed by atoms with E-state index in [-0.39, 0.29) is 12.5 Å². The number of nitro benzene ring substituents is 1. The zero-order valence-electron chi connectivity index (χ0n) is 11.7. The summed E-state index contributed by atoms with van der Waals surface area (Å²) >= 11 is 0. The number of nitrogens with zero attached hydrogens (tertiary/aromatic N) is 2. The van der Waals surface area contributed by atoms with E-state index < -0.39 is 31.3 Å². The number of hydrogen-bond acceptors (Lipinski definition) is 4. The van der Waals surface area contributed by atoms with Gasteiger partial charge in [0, 0.05) is 13.1 Å². The van der Waals surface area contributed by atoms with Gasteiger partial charge in [0.2, 0.25) is 15.8 Å². The Morgan fingerprint density at radius 1 is 1.43 bits per heavy atom. The summed E-state index contributed by atoms with van der Waals surface area (Å²) in [6, 6.07) is 3.14. The highest BCUT2D eigenvalue weighted by Gasteiger charge is 2.35. The zero-order valence-corrected chi connectivity index (χ0v) is 12.5. The third-order valence-corrected chi connectivity index (χ3v) is 5.76. The molecule has 8 heteroatoms. The number of sulfonamides is 1. The van der Waals surface area contributed by atoms with E-state index in [1.165, 1.54) is 10.4 Å². The van der Waals surface area contributed by atoms with Crippen LogP contribution in [0.3, 0.4) is 0 Å². The number of benzene rings is 1. The largest absolute Gasteiger partial charge is 0.324 e. The van der Waals surface area contributed by atoms with Crippen molar-refractivity contribution in [2.45, 2.75) is 31.1 Å². The predicted molar refractivity (Wildman–Crippen MR) is 74.8 cm³/mol. The molecule has 1 aromatic carbocycles. The van der Waals surface area contributed by atoms with E-state index in [1.54, 1.807) is 6.92 Å². The summed E-state index contributed by atoms with van der Waals surface area (Å²) in [5.74, 6) is -0.854. The molecule has 1 saturated carbocycles. The van der Waals surface area contributed by atoms with Gasteiger partial charge in [0.25, 0.3) is 0 Å². The Balaban J connectivity index is 2.42. The maximum Gasteiger partial charge on any atom is 0.324 e. The standard InChI is InChI=1S/C13H17FN2O4S/c1-2-15(9-10-5-3-6-10)21(19,20)12-8-4-7-11(14)13(12)16(17)18/h4,7-8,10H,2-3,5-6,9H2,1H3. The Bertz CT molecular complexity index is 644. The van der Waals surface area contributed by atoms with Crippen LogP contribution in [0.2, 0.25) is 0 Å². The summed E-state index contributed by atoms with van der Waals surface area (Å²) in [4.78, 5) is 9.41. The molecule has 6 nitrogen and oxygen atoms in total. The Hall–Kier alpha value is -1.54. The first-order valence-electron chi connectivity index (χ1n) is 6.81. The molecule has 0 N–H and O–H groups in total. The van der Waals surface area contributed by atoms with Gasteiger partial charge in [0.1, 0.15) is 0 Å². The highest BCUT2D eigenvalue weighted by atomic mass is 32.2. The summed E-state index contributed by atoms with van der Waals surface area (Å²) in [7, 11) is -4.07. The summed E-state index contributed by atoms with van der Waals surface area (Å²) in [6.45, 7) is 2.19. The molecule has 1 aliphatic rings. The van der Waals surface area contributed by atoms with Gasteiger partial charge in [0.15, 0.2) is 4.90 Å². The minimum atomic E-state index is -4.07. The van der Waals surface area contributed by atoms with Crippen molar-refractivity contribution in [3.05, 3.63) is 34.1 Å². The molecular weight excluding hydrogens is 299 g/mol. The van der Waals surface area contributed by atoms with Crippen molar-refractivity contribution in [1.29, 1.82) is 0 Å². The monoisotopic (exact) mass is 316 g/mol. The van der Waals surface area contributed by atoms with Gasteiger partial charge in [-0.3, -0.25) is 10.1 Å². The lowest BCUT2D eigenvalue weighted by atomic mass is 9.85. The maximum atomic E-state index is 13.6. The van der Waals surface area contributed by atoms with Crippen molar-refractivity contribution >= 4 is 15.7 Å². The third kappa shape index (κ3) is 3.06. The van der Waals surface area contributed by atoms with Crippen molar-refractivity contribution in [2.75, 3.05) is 13.1 Å². The summed E-state index contributed by atoms with van der Waals surface area (Å²) < 4.78 is 39.9. The molecule has 0 spiro atoms. The highest BCUT2D eigenvalue weighted by molar-refractivity contribution is 7.89. The van der Waals surface area contributed by atoms with Gasteiger partial charge in [0.05, 0.1) is 4.92 Å². The molecule has 21 heavy (non-hydrogen) atoms. The first-order chi connectivity index (χ1) is 9.87. The number of halogens is 1. The molecule has 0 saturated heterocycles. The lowest BCUT2D eigenvalue weighted by Crippen LogP contribution is -2.37. The van der Waals surface area contributed by atoms with E-state index in [9.17, 15) is 22.9 Å². The highest BCUT2D eigenvalue weighted by Crippen LogP contribution is 2.32. The van der Waals surface area contributed by atoms with Crippen LogP contribution >= 0.6 is 0 Å². The Labute approximate surface area is 122 Å². The SMILES string of the molecule is CCN(CC1CCC1)S(=O)(=O)c1cccc(F)c1[N+](=O)[O-]. The van der Waals surface area contributed by atoms with E-state index in [4.69, 9.17) is 0 Å². The number of rotatable bonds is 6. The lowest BCUT2D eigenvalue weighted by Gasteiger charge is -2.31. The quantitative estimate of drug-likeness (QED) is 0.596. The van der Waals surface area contributed by atoms with Gasteiger partial charge in [-0.2, -0.15) is 8.70 Å². The van der Waals surface area contributed by atoms with Gasteiger partial charge in [-0.15, -0.1) is 0 Å². The van der Waals surface area contributed by atoms with Crippen LogP contribution in [0.1, 0.15) is 26.2 Å². The fourth-order valence-electron chi connectivity index (χ4n) is 2.38. The fraction of sp³-hybridized carbons (Fsp3) is 0.538. The Kier molecular flexibility index (Phi) is 4.58. The third-order valence-electron chi connectivity index (χ3n) is 3.79. The Morgan fingerprint density at radius 3 is 2.57 bits per heavy atom. The molecule has 1 aromatic rings. The topological polar surface area (TPSA) is 80.5 Å². The zero-order chi connectivity index (χ0) is 15.6. The predicted octanol–water partition coefficient (Wildman–Crippen LogP) is 2.54. The Morgan fingerprint density at radius 2 is 2.10 bits per heavy atom. The molecule has 1 fully saturated rings. The van der Waals surface area contributed by atoms with Gasteiger partial charge < -0.3 is 0 Å². The van der Waals surface area contributed by atoms with Crippen molar-refractivity contribution < 1.29 is 17.7 Å². The van der Waals surface area contributed by atoms with Crippen LogP contribution in [0, 0.1) is 21.8 Å². The second kappa shape index (κ2) is 6.07. The number of para-hydroxylation sites is 1. The molecule has 0 amide bonds. The first-order valence-corrected chi connectivity index (χ1v) is 8.25. The van der Waals surface area contributed by atoms with Crippen LogP contribution in [0.4, 0.5) is 10.1 Å². The van der Waals surface area contributed by atoms with Crippen LogP contribution in [0.25, 0.3) is 0 Å². The second-order valence-corrected chi connectivity index (χ2v) is 7.00. The fourth-order valence-corrected chi connectivity index (χ4v) is 4.07. The van der Waals surface area contributed by atoms with Gasteiger partial charge >= 0.3 is 5.69 Å². The van der Waals surface area contributed by atoms with E-state index in [1.807, 2.05) is 0 Å². The summed E-state index contributed by atoms with van der Waals surface area (Å²) in [6.07, 6.45) is 2.98. The van der Waals surface area contributed by atoms with Gasteiger partial charge in [-0.1, -0.05) is 19.4 Å². The number of nitro groups is 1. The first kappa shape index (κ1) is 15.8. The van der Waals surface area contributed by atoms with Gasteiger partial charge in [-0.25, -0.2) is 8.42 Å². The van der Waals surface area contributed by atoms with E-state index in [0.717, 1.165) is 31.4 Å². The molecule has 2 rings (SSSR count). The second-order valence-electron chi connectivity index (χ2n) is 5.10. The van der Waals surface area contributed by atoms with Gasteiger partial charge in [-0.05, 0) is 30.9 Å². The summed E-state index contributed by atoms with van der Waals surface area (Å²) in [5, 5.41) is 11.0. The molecule has 0 radical (unpaired) electrons.